The molecule has 0 fully saturated rings. The molecular weight excluding hydrogens is 262 g/mol. The van der Waals surface area contributed by atoms with Gasteiger partial charge in [-0.2, -0.15) is 10.2 Å². The van der Waals surface area contributed by atoms with Gasteiger partial charge in [0.05, 0.1) is 19.6 Å². The van der Waals surface area contributed by atoms with Crippen LogP contribution in [0.4, 0.5) is 0 Å². The van der Waals surface area contributed by atoms with Crippen molar-refractivity contribution < 1.29 is 5.11 Å². The summed E-state index contributed by atoms with van der Waals surface area (Å²) in [5, 5.41) is 26.4. The minimum Gasteiger partial charge on any atom is -0.384 e. The van der Waals surface area contributed by atoms with Crippen LogP contribution in [0.5, 0.6) is 0 Å². The molecule has 3 aromatic heterocycles. The zero-order valence-corrected chi connectivity index (χ0v) is 10.6. The van der Waals surface area contributed by atoms with Crippen LogP contribution in [-0.2, 0) is 19.6 Å². The largest absolute Gasteiger partial charge is 0.384 e. The molecule has 10 heteroatoms. The molecule has 3 aromatic rings. The summed E-state index contributed by atoms with van der Waals surface area (Å²) < 4.78 is 4.84. The third-order valence-electron chi connectivity index (χ3n) is 2.79. The molecule has 20 heavy (non-hydrogen) atoms. The Morgan fingerprint density at radius 1 is 0.800 bits per heavy atom. The van der Waals surface area contributed by atoms with E-state index in [2.05, 4.69) is 30.4 Å². The Balaban J connectivity index is 1.81. The standard InChI is InChI=1S/C10H13N9O/c20-10(1-17-8-13-14-9-17,2-18-6-11-4-15-18)3-19-7-12-5-16-19/h4-9,20H,1-3H2. The third kappa shape index (κ3) is 2.85. The Morgan fingerprint density at radius 2 is 1.35 bits per heavy atom. The van der Waals surface area contributed by atoms with Gasteiger partial charge in [-0.1, -0.05) is 0 Å². The molecule has 0 saturated carbocycles. The van der Waals surface area contributed by atoms with E-state index < -0.39 is 5.60 Å². The van der Waals surface area contributed by atoms with Crippen molar-refractivity contribution in [3.05, 3.63) is 38.0 Å². The summed E-state index contributed by atoms with van der Waals surface area (Å²) in [6, 6.07) is 0. The topological polar surface area (TPSA) is 112 Å². The van der Waals surface area contributed by atoms with Gasteiger partial charge in [-0.15, -0.1) is 10.2 Å². The Hall–Kier alpha value is -2.62. The van der Waals surface area contributed by atoms with Crippen molar-refractivity contribution in [3.8, 4) is 0 Å². The molecule has 0 spiro atoms. The highest BCUT2D eigenvalue weighted by atomic mass is 16.3. The van der Waals surface area contributed by atoms with E-state index in [0.29, 0.717) is 6.54 Å². The van der Waals surface area contributed by atoms with E-state index in [1.165, 1.54) is 12.7 Å². The molecule has 1 N–H and O–H groups in total. The minimum absolute atomic E-state index is 0.269. The van der Waals surface area contributed by atoms with Crippen LogP contribution in [-0.4, -0.2) is 55.0 Å². The van der Waals surface area contributed by atoms with Crippen LogP contribution < -0.4 is 0 Å². The van der Waals surface area contributed by atoms with Crippen molar-refractivity contribution >= 4 is 0 Å². The van der Waals surface area contributed by atoms with Crippen molar-refractivity contribution in [1.29, 1.82) is 0 Å². The van der Waals surface area contributed by atoms with Gasteiger partial charge in [0.25, 0.3) is 0 Å². The van der Waals surface area contributed by atoms with Gasteiger partial charge in [0.15, 0.2) is 0 Å². The molecule has 10 nitrogen and oxygen atoms in total. The summed E-state index contributed by atoms with van der Waals surface area (Å²) in [6.45, 7) is 0.843. The highest BCUT2D eigenvalue weighted by molar-refractivity contribution is 4.81. The van der Waals surface area contributed by atoms with Gasteiger partial charge in [-0.3, -0.25) is 0 Å². The second-order valence-electron chi connectivity index (χ2n) is 4.54. The average Bonchev–Trinajstić information content (AvgIpc) is 3.11. The molecule has 0 aromatic carbocycles. The molecule has 0 atom stereocenters. The molecule has 0 aliphatic rings. The average molecular weight is 275 g/mol. The Bertz CT molecular complexity index is 527. The molecule has 0 unspecified atom stereocenters. The van der Waals surface area contributed by atoms with Crippen LogP contribution in [0.2, 0.25) is 0 Å². The lowest BCUT2D eigenvalue weighted by Gasteiger charge is -2.27. The van der Waals surface area contributed by atoms with Crippen molar-refractivity contribution in [3.63, 3.8) is 0 Å². The van der Waals surface area contributed by atoms with Crippen LogP contribution in [0.3, 0.4) is 0 Å². The number of hydrogen-bond donors (Lipinski definition) is 1. The SMILES string of the molecule is OC(Cn1cnnc1)(Cn1cncn1)Cn1cncn1. The molecule has 3 rings (SSSR count). The Morgan fingerprint density at radius 3 is 1.80 bits per heavy atom. The Kier molecular flexibility index (Phi) is 3.21. The van der Waals surface area contributed by atoms with E-state index in [4.69, 9.17) is 0 Å². The quantitative estimate of drug-likeness (QED) is 0.588. The fourth-order valence-corrected chi connectivity index (χ4v) is 2.03. The van der Waals surface area contributed by atoms with Crippen LogP contribution in [0.25, 0.3) is 0 Å². The molecule has 104 valence electrons. The van der Waals surface area contributed by atoms with Gasteiger partial charge < -0.3 is 9.67 Å². The summed E-state index contributed by atoms with van der Waals surface area (Å²) in [6.07, 6.45) is 9.06. The highest BCUT2D eigenvalue weighted by Gasteiger charge is 2.30. The molecular formula is C10H13N9O. The van der Waals surface area contributed by atoms with Crippen molar-refractivity contribution in [1.82, 2.24) is 44.3 Å². The molecule has 3 heterocycles. The number of hydrogen-bond acceptors (Lipinski definition) is 7. The fraction of sp³-hybridized carbons (Fsp3) is 0.400. The summed E-state index contributed by atoms with van der Waals surface area (Å²) in [5.74, 6) is 0. The monoisotopic (exact) mass is 275 g/mol. The molecule has 0 saturated heterocycles. The van der Waals surface area contributed by atoms with Gasteiger partial charge in [0.1, 0.15) is 43.6 Å². The number of aliphatic hydroxyl groups is 1. The maximum atomic E-state index is 10.9. The van der Waals surface area contributed by atoms with Gasteiger partial charge in [0, 0.05) is 0 Å². The second-order valence-corrected chi connectivity index (χ2v) is 4.54. The summed E-state index contributed by atoms with van der Waals surface area (Å²) in [5.41, 5.74) is -1.12. The lowest BCUT2D eigenvalue weighted by Crippen LogP contribution is -2.43. The van der Waals surface area contributed by atoms with E-state index in [1.807, 2.05) is 0 Å². The smallest absolute Gasteiger partial charge is 0.137 e. The van der Waals surface area contributed by atoms with Crippen molar-refractivity contribution in [2.45, 2.75) is 25.2 Å². The summed E-state index contributed by atoms with van der Waals surface area (Å²) >= 11 is 0. The molecule has 0 radical (unpaired) electrons. The Labute approximate surface area is 113 Å². The minimum atomic E-state index is -1.12. The van der Waals surface area contributed by atoms with E-state index in [-0.39, 0.29) is 13.1 Å². The molecule has 0 bridgehead atoms. The number of aromatic nitrogens is 9. The molecule has 0 aliphatic heterocycles. The van der Waals surface area contributed by atoms with Crippen LogP contribution in [0.15, 0.2) is 38.0 Å². The van der Waals surface area contributed by atoms with Crippen molar-refractivity contribution in [2.75, 3.05) is 0 Å². The molecule has 0 amide bonds. The second kappa shape index (κ2) is 5.17. The van der Waals surface area contributed by atoms with Crippen molar-refractivity contribution in [2.24, 2.45) is 0 Å². The third-order valence-corrected chi connectivity index (χ3v) is 2.79. The lowest BCUT2D eigenvalue weighted by atomic mass is 10.0. The van der Waals surface area contributed by atoms with Crippen LogP contribution >= 0.6 is 0 Å². The maximum Gasteiger partial charge on any atom is 0.137 e. The van der Waals surface area contributed by atoms with E-state index in [9.17, 15) is 5.11 Å². The van der Waals surface area contributed by atoms with Crippen LogP contribution in [0, 0.1) is 0 Å². The first-order chi connectivity index (χ1) is 9.73. The van der Waals surface area contributed by atoms with E-state index in [1.54, 1.807) is 39.2 Å². The maximum absolute atomic E-state index is 10.9. The zero-order valence-electron chi connectivity index (χ0n) is 10.6. The first-order valence-corrected chi connectivity index (χ1v) is 5.93. The van der Waals surface area contributed by atoms with E-state index >= 15 is 0 Å². The van der Waals surface area contributed by atoms with Gasteiger partial charge in [-0.25, -0.2) is 19.3 Å². The van der Waals surface area contributed by atoms with E-state index in [0.717, 1.165) is 0 Å². The fourth-order valence-electron chi connectivity index (χ4n) is 2.03. The first kappa shape index (κ1) is 12.4. The summed E-state index contributed by atoms with van der Waals surface area (Å²) in [7, 11) is 0. The molecule has 0 aliphatic carbocycles. The van der Waals surface area contributed by atoms with Gasteiger partial charge >= 0.3 is 0 Å². The van der Waals surface area contributed by atoms with Gasteiger partial charge in [0.2, 0.25) is 0 Å². The highest BCUT2D eigenvalue weighted by Crippen LogP contribution is 2.13. The lowest BCUT2D eigenvalue weighted by molar-refractivity contribution is -0.0160. The first-order valence-electron chi connectivity index (χ1n) is 5.93. The van der Waals surface area contributed by atoms with Gasteiger partial charge in [-0.05, 0) is 0 Å². The van der Waals surface area contributed by atoms with Crippen LogP contribution in [0.1, 0.15) is 0 Å². The number of rotatable bonds is 6. The predicted octanol–water partition coefficient (Wildman–Crippen LogP) is -1.41. The zero-order chi connectivity index (χ0) is 13.8. The number of nitrogens with zero attached hydrogens (tertiary/aromatic N) is 9. The summed E-state index contributed by atoms with van der Waals surface area (Å²) in [4.78, 5) is 7.75. The normalized spacial score (nSPS) is 11.8. The predicted molar refractivity (Wildman–Crippen MR) is 65.0 cm³/mol.